The van der Waals surface area contributed by atoms with Crippen molar-refractivity contribution in [3.05, 3.63) is 28.3 Å². The first-order valence-corrected chi connectivity index (χ1v) is 4.62. The standard InChI is InChI=1S/C10H14ClNO/c1-7-5-9(13-4-3-12)6-8(2)10(7)11/h5-6H,3-4,12H2,1-2H3. The largest absolute Gasteiger partial charge is 0.492 e. The first-order chi connectivity index (χ1) is 6.15. The molecule has 2 N–H and O–H groups in total. The maximum absolute atomic E-state index is 6.00. The predicted octanol–water partition coefficient (Wildman–Crippen LogP) is 2.29. The van der Waals surface area contributed by atoms with Gasteiger partial charge in [0, 0.05) is 11.6 Å². The number of rotatable bonds is 3. The third-order valence-electron chi connectivity index (χ3n) is 1.80. The van der Waals surface area contributed by atoms with Crippen LogP contribution >= 0.6 is 11.6 Å². The molecule has 1 aromatic carbocycles. The fraction of sp³-hybridized carbons (Fsp3) is 0.400. The molecule has 0 atom stereocenters. The monoisotopic (exact) mass is 199 g/mol. The molecule has 0 aliphatic rings. The molecule has 0 aliphatic carbocycles. The normalized spacial score (nSPS) is 10.2. The lowest BCUT2D eigenvalue weighted by molar-refractivity contribution is 0.328. The van der Waals surface area contributed by atoms with E-state index in [0.29, 0.717) is 13.2 Å². The zero-order valence-corrected chi connectivity index (χ0v) is 8.69. The van der Waals surface area contributed by atoms with Gasteiger partial charge in [-0.05, 0) is 37.1 Å². The molecule has 1 rings (SSSR count). The SMILES string of the molecule is Cc1cc(OCCN)cc(C)c1Cl. The Morgan fingerprint density at radius 1 is 1.31 bits per heavy atom. The minimum Gasteiger partial charge on any atom is -0.492 e. The third-order valence-corrected chi connectivity index (χ3v) is 2.39. The Kier molecular flexibility index (Phi) is 3.58. The molecule has 2 nitrogen and oxygen atoms in total. The second-order valence-electron chi connectivity index (χ2n) is 3.01. The minimum absolute atomic E-state index is 0.528. The highest BCUT2D eigenvalue weighted by molar-refractivity contribution is 6.32. The van der Waals surface area contributed by atoms with Crippen LogP contribution in [0.3, 0.4) is 0 Å². The zero-order chi connectivity index (χ0) is 9.84. The maximum Gasteiger partial charge on any atom is 0.119 e. The number of benzene rings is 1. The molecule has 0 aromatic heterocycles. The number of aryl methyl sites for hydroxylation is 2. The highest BCUT2D eigenvalue weighted by atomic mass is 35.5. The number of ether oxygens (including phenoxy) is 1. The molecular formula is C10H14ClNO. The summed E-state index contributed by atoms with van der Waals surface area (Å²) in [5, 5.41) is 0.806. The molecule has 1 aromatic rings. The van der Waals surface area contributed by atoms with E-state index in [4.69, 9.17) is 22.1 Å². The zero-order valence-electron chi connectivity index (χ0n) is 7.93. The van der Waals surface area contributed by atoms with Crippen molar-refractivity contribution >= 4 is 11.6 Å². The lowest BCUT2D eigenvalue weighted by Gasteiger charge is -2.08. The molecule has 0 radical (unpaired) electrons. The van der Waals surface area contributed by atoms with Crippen molar-refractivity contribution in [2.75, 3.05) is 13.2 Å². The quantitative estimate of drug-likeness (QED) is 0.811. The van der Waals surface area contributed by atoms with Gasteiger partial charge in [0.1, 0.15) is 12.4 Å². The van der Waals surface area contributed by atoms with Crippen molar-refractivity contribution in [2.45, 2.75) is 13.8 Å². The van der Waals surface area contributed by atoms with E-state index in [-0.39, 0.29) is 0 Å². The van der Waals surface area contributed by atoms with Crippen molar-refractivity contribution in [1.82, 2.24) is 0 Å². The van der Waals surface area contributed by atoms with Crippen LogP contribution < -0.4 is 10.5 Å². The molecule has 0 saturated carbocycles. The molecular weight excluding hydrogens is 186 g/mol. The average molecular weight is 200 g/mol. The summed E-state index contributed by atoms with van der Waals surface area (Å²) in [7, 11) is 0. The van der Waals surface area contributed by atoms with Crippen LogP contribution in [0.2, 0.25) is 5.02 Å². The molecule has 0 bridgehead atoms. The average Bonchev–Trinajstić information content (AvgIpc) is 2.10. The third kappa shape index (κ3) is 2.61. The summed E-state index contributed by atoms with van der Waals surface area (Å²) >= 11 is 6.00. The second kappa shape index (κ2) is 4.49. The highest BCUT2D eigenvalue weighted by Crippen LogP contribution is 2.25. The van der Waals surface area contributed by atoms with Crippen molar-refractivity contribution in [3.8, 4) is 5.75 Å². The molecule has 3 heteroatoms. The molecule has 0 unspecified atom stereocenters. The van der Waals surface area contributed by atoms with Gasteiger partial charge in [-0.2, -0.15) is 0 Å². The van der Waals surface area contributed by atoms with E-state index in [1.807, 2.05) is 26.0 Å². The van der Waals surface area contributed by atoms with Gasteiger partial charge in [0.2, 0.25) is 0 Å². The Morgan fingerprint density at radius 2 is 1.85 bits per heavy atom. The van der Waals surface area contributed by atoms with Crippen molar-refractivity contribution < 1.29 is 4.74 Å². The Hall–Kier alpha value is -0.730. The van der Waals surface area contributed by atoms with Crippen molar-refractivity contribution in [3.63, 3.8) is 0 Å². The van der Waals surface area contributed by atoms with Gasteiger partial charge in [-0.1, -0.05) is 11.6 Å². The number of nitrogens with two attached hydrogens (primary N) is 1. The van der Waals surface area contributed by atoms with E-state index in [1.165, 1.54) is 0 Å². The van der Waals surface area contributed by atoms with E-state index in [9.17, 15) is 0 Å². The fourth-order valence-electron chi connectivity index (χ4n) is 1.17. The van der Waals surface area contributed by atoms with Gasteiger partial charge < -0.3 is 10.5 Å². The Morgan fingerprint density at radius 3 is 2.31 bits per heavy atom. The van der Waals surface area contributed by atoms with Crippen molar-refractivity contribution in [1.29, 1.82) is 0 Å². The predicted molar refractivity (Wildman–Crippen MR) is 55.5 cm³/mol. The lowest BCUT2D eigenvalue weighted by atomic mass is 10.1. The van der Waals surface area contributed by atoms with E-state index in [1.54, 1.807) is 0 Å². The van der Waals surface area contributed by atoms with Crippen LogP contribution in [0, 0.1) is 13.8 Å². The van der Waals surface area contributed by atoms with E-state index >= 15 is 0 Å². The summed E-state index contributed by atoms with van der Waals surface area (Å²) in [6.07, 6.45) is 0. The van der Waals surface area contributed by atoms with Crippen LogP contribution in [0.1, 0.15) is 11.1 Å². The van der Waals surface area contributed by atoms with Gasteiger partial charge in [-0.3, -0.25) is 0 Å². The molecule has 0 aliphatic heterocycles. The smallest absolute Gasteiger partial charge is 0.119 e. The number of hydrogen-bond donors (Lipinski definition) is 1. The minimum atomic E-state index is 0.528. The van der Waals surface area contributed by atoms with Crippen LogP contribution in [0.15, 0.2) is 12.1 Å². The highest BCUT2D eigenvalue weighted by Gasteiger charge is 2.02. The molecule has 0 amide bonds. The van der Waals surface area contributed by atoms with Crippen LogP contribution in [-0.4, -0.2) is 13.2 Å². The maximum atomic E-state index is 6.00. The van der Waals surface area contributed by atoms with Crippen LogP contribution in [-0.2, 0) is 0 Å². The molecule has 0 spiro atoms. The Bertz CT molecular complexity index is 276. The first-order valence-electron chi connectivity index (χ1n) is 4.24. The second-order valence-corrected chi connectivity index (χ2v) is 3.39. The summed E-state index contributed by atoms with van der Waals surface area (Å²) in [5.74, 6) is 0.838. The van der Waals surface area contributed by atoms with Crippen LogP contribution in [0.5, 0.6) is 5.75 Å². The van der Waals surface area contributed by atoms with Gasteiger partial charge in [-0.25, -0.2) is 0 Å². The van der Waals surface area contributed by atoms with E-state index in [0.717, 1.165) is 21.9 Å². The molecule has 0 heterocycles. The number of halogens is 1. The summed E-state index contributed by atoms with van der Waals surface area (Å²) in [6.45, 7) is 5.00. The summed E-state index contributed by atoms with van der Waals surface area (Å²) in [5.41, 5.74) is 7.40. The van der Waals surface area contributed by atoms with E-state index < -0.39 is 0 Å². The summed E-state index contributed by atoms with van der Waals surface area (Å²) in [6, 6.07) is 3.84. The number of hydrogen-bond acceptors (Lipinski definition) is 2. The van der Waals surface area contributed by atoms with Gasteiger partial charge in [0.05, 0.1) is 0 Å². The first kappa shape index (κ1) is 10.4. The van der Waals surface area contributed by atoms with Gasteiger partial charge in [0.25, 0.3) is 0 Å². The van der Waals surface area contributed by atoms with Gasteiger partial charge in [0.15, 0.2) is 0 Å². The fourth-order valence-corrected chi connectivity index (χ4v) is 1.28. The topological polar surface area (TPSA) is 35.2 Å². The Balaban J connectivity index is 2.86. The van der Waals surface area contributed by atoms with Crippen LogP contribution in [0.4, 0.5) is 0 Å². The van der Waals surface area contributed by atoms with Crippen LogP contribution in [0.25, 0.3) is 0 Å². The van der Waals surface area contributed by atoms with Crippen molar-refractivity contribution in [2.24, 2.45) is 5.73 Å². The van der Waals surface area contributed by atoms with E-state index in [2.05, 4.69) is 0 Å². The molecule has 13 heavy (non-hydrogen) atoms. The molecule has 0 fully saturated rings. The lowest BCUT2D eigenvalue weighted by Crippen LogP contribution is -2.10. The summed E-state index contributed by atoms with van der Waals surface area (Å²) in [4.78, 5) is 0. The van der Waals surface area contributed by atoms with Gasteiger partial charge in [-0.15, -0.1) is 0 Å². The molecule has 72 valence electrons. The van der Waals surface area contributed by atoms with Gasteiger partial charge >= 0.3 is 0 Å². The molecule has 0 saturated heterocycles. The summed E-state index contributed by atoms with van der Waals surface area (Å²) < 4.78 is 5.39. The Labute approximate surface area is 83.6 Å².